The third-order valence-electron chi connectivity index (χ3n) is 4.36. The fourth-order valence-corrected chi connectivity index (χ4v) is 3.04. The van der Waals surface area contributed by atoms with E-state index in [1.54, 1.807) is 14.0 Å². The quantitative estimate of drug-likeness (QED) is 0.424. The molecule has 0 amide bonds. The molecule has 2 heteroatoms. The summed E-state index contributed by atoms with van der Waals surface area (Å²) in [5, 5.41) is 0. The van der Waals surface area contributed by atoms with Gasteiger partial charge in [0.1, 0.15) is 6.10 Å². The molecule has 0 fully saturated rings. The molecule has 0 saturated heterocycles. The van der Waals surface area contributed by atoms with E-state index in [0.29, 0.717) is 5.57 Å². The molecule has 0 aliphatic carbocycles. The van der Waals surface area contributed by atoms with Gasteiger partial charge >= 0.3 is 0 Å². The lowest BCUT2D eigenvalue weighted by atomic mass is 9.94. The van der Waals surface area contributed by atoms with Crippen LogP contribution in [0.5, 0.6) is 0 Å². The first-order chi connectivity index (χ1) is 13.2. The lowest BCUT2D eigenvalue weighted by molar-refractivity contribution is -0.114. The third kappa shape index (κ3) is 4.51. The highest BCUT2D eigenvalue weighted by atomic mass is 16.5. The Hall–Kier alpha value is -3.19. The van der Waals surface area contributed by atoms with E-state index in [0.717, 1.165) is 22.3 Å². The van der Waals surface area contributed by atoms with Gasteiger partial charge in [0, 0.05) is 12.7 Å². The summed E-state index contributed by atoms with van der Waals surface area (Å²) >= 11 is 0. The number of ether oxygens (including phenoxy) is 1. The summed E-state index contributed by atoms with van der Waals surface area (Å²) in [4.78, 5) is 12.5. The van der Waals surface area contributed by atoms with Crippen molar-refractivity contribution in [3.05, 3.63) is 119 Å². The highest BCUT2D eigenvalue weighted by molar-refractivity contribution is 5.96. The number of carbonyl (C=O) groups excluding carboxylic acids is 1. The van der Waals surface area contributed by atoms with Crippen LogP contribution in [0.3, 0.4) is 0 Å². The van der Waals surface area contributed by atoms with Crippen LogP contribution in [0.15, 0.2) is 102 Å². The Bertz CT molecular complexity index is 909. The molecule has 0 aromatic heterocycles. The summed E-state index contributed by atoms with van der Waals surface area (Å²) in [6.07, 6.45) is -0.467. The number of hydrogen-bond acceptors (Lipinski definition) is 2. The van der Waals surface area contributed by atoms with Crippen molar-refractivity contribution in [3.63, 3.8) is 0 Å². The molecule has 0 N–H and O–H groups in total. The maximum Gasteiger partial charge on any atom is 0.166 e. The topological polar surface area (TPSA) is 26.3 Å². The van der Waals surface area contributed by atoms with Crippen LogP contribution in [0.25, 0.3) is 5.57 Å². The first-order valence-electron chi connectivity index (χ1n) is 8.91. The van der Waals surface area contributed by atoms with Gasteiger partial charge in [0.05, 0.1) is 5.57 Å². The summed E-state index contributed by atoms with van der Waals surface area (Å²) in [6.45, 7) is 1.56. The molecule has 0 bridgehead atoms. The molecule has 3 aromatic rings. The zero-order valence-corrected chi connectivity index (χ0v) is 15.6. The smallest absolute Gasteiger partial charge is 0.166 e. The first kappa shape index (κ1) is 18.6. The van der Waals surface area contributed by atoms with Crippen LogP contribution in [0.4, 0.5) is 0 Å². The molecule has 1 atom stereocenters. The van der Waals surface area contributed by atoms with Gasteiger partial charge in [-0.3, -0.25) is 4.79 Å². The summed E-state index contributed by atoms with van der Waals surface area (Å²) in [6, 6.07) is 29.7. The molecule has 0 heterocycles. The normalized spacial score (nSPS) is 11.3. The SMILES string of the molecule is COC(C(=C=C(c1ccccc1)c1ccccc1)C(C)=O)c1ccccc1. The molecule has 0 saturated carbocycles. The number of ketones is 1. The second kappa shape index (κ2) is 8.95. The van der Waals surface area contributed by atoms with Crippen LogP contribution in [-0.4, -0.2) is 12.9 Å². The number of Topliss-reactive ketones (excluding diaryl/α,β-unsaturated/α-hetero) is 1. The van der Waals surface area contributed by atoms with Crippen molar-refractivity contribution in [2.45, 2.75) is 13.0 Å². The Morgan fingerprint density at radius 2 is 1.22 bits per heavy atom. The monoisotopic (exact) mass is 354 g/mol. The maximum atomic E-state index is 12.5. The lowest BCUT2D eigenvalue weighted by Gasteiger charge is -2.17. The number of benzene rings is 3. The number of carbonyl (C=O) groups is 1. The molecule has 3 aromatic carbocycles. The van der Waals surface area contributed by atoms with Crippen molar-refractivity contribution in [1.29, 1.82) is 0 Å². The van der Waals surface area contributed by atoms with E-state index < -0.39 is 6.10 Å². The maximum absolute atomic E-state index is 12.5. The zero-order valence-electron chi connectivity index (χ0n) is 15.6. The third-order valence-corrected chi connectivity index (χ3v) is 4.36. The molecule has 0 aliphatic rings. The number of rotatable bonds is 6. The predicted molar refractivity (Wildman–Crippen MR) is 109 cm³/mol. The molecule has 1 unspecified atom stereocenters. The molecule has 3 rings (SSSR count). The molecule has 0 spiro atoms. The Morgan fingerprint density at radius 1 is 0.778 bits per heavy atom. The van der Waals surface area contributed by atoms with Crippen LogP contribution < -0.4 is 0 Å². The standard InChI is InChI=1S/C25H22O2/c1-19(26)23(25(27-2)22-16-10-5-11-17-22)18-24(20-12-6-3-7-13-20)21-14-8-4-9-15-21/h3-17,25H,1-2H3. The van der Waals surface area contributed by atoms with E-state index in [1.165, 1.54) is 0 Å². The largest absolute Gasteiger partial charge is 0.371 e. The summed E-state index contributed by atoms with van der Waals surface area (Å²) in [5.41, 5.74) is 7.71. The van der Waals surface area contributed by atoms with Gasteiger partial charge in [0.15, 0.2) is 5.78 Å². The second-order valence-electron chi connectivity index (χ2n) is 6.23. The van der Waals surface area contributed by atoms with Gasteiger partial charge < -0.3 is 4.74 Å². The molecule has 2 nitrogen and oxygen atoms in total. The molecule has 27 heavy (non-hydrogen) atoms. The Morgan fingerprint density at radius 3 is 1.63 bits per heavy atom. The highest BCUT2D eigenvalue weighted by Crippen LogP contribution is 2.29. The predicted octanol–water partition coefficient (Wildman–Crippen LogP) is 5.62. The molecule has 134 valence electrons. The summed E-state index contributed by atoms with van der Waals surface area (Å²) in [5.74, 6) is -0.0601. The van der Waals surface area contributed by atoms with E-state index in [4.69, 9.17) is 4.74 Å². The van der Waals surface area contributed by atoms with Crippen molar-refractivity contribution in [2.75, 3.05) is 7.11 Å². The fraction of sp³-hybridized carbons (Fsp3) is 0.120. The average molecular weight is 354 g/mol. The highest BCUT2D eigenvalue weighted by Gasteiger charge is 2.20. The number of methoxy groups -OCH3 is 1. The van der Waals surface area contributed by atoms with Gasteiger partial charge in [-0.15, -0.1) is 5.73 Å². The van der Waals surface area contributed by atoms with Crippen LogP contribution in [0.1, 0.15) is 29.7 Å². The van der Waals surface area contributed by atoms with E-state index in [9.17, 15) is 4.79 Å². The number of hydrogen-bond donors (Lipinski definition) is 0. The Balaban J connectivity index is 2.27. The summed E-state index contributed by atoms with van der Waals surface area (Å²) in [7, 11) is 1.62. The van der Waals surface area contributed by atoms with Gasteiger partial charge in [-0.1, -0.05) is 91.0 Å². The van der Waals surface area contributed by atoms with Gasteiger partial charge in [0.2, 0.25) is 0 Å². The van der Waals surface area contributed by atoms with Crippen LogP contribution >= 0.6 is 0 Å². The van der Waals surface area contributed by atoms with E-state index in [2.05, 4.69) is 5.73 Å². The minimum atomic E-state index is -0.467. The Labute approximate surface area is 160 Å². The van der Waals surface area contributed by atoms with Crippen LogP contribution in [0.2, 0.25) is 0 Å². The van der Waals surface area contributed by atoms with Gasteiger partial charge in [0.25, 0.3) is 0 Å². The van der Waals surface area contributed by atoms with Crippen molar-refractivity contribution in [3.8, 4) is 0 Å². The van der Waals surface area contributed by atoms with Crippen molar-refractivity contribution in [2.24, 2.45) is 0 Å². The molecular formula is C25H22O2. The summed E-state index contributed by atoms with van der Waals surface area (Å²) < 4.78 is 5.70. The van der Waals surface area contributed by atoms with E-state index in [1.807, 2.05) is 91.0 Å². The Kier molecular flexibility index (Phi) is 6.17. The van der Waals surface area contributed by atoms with Gasteiger partial charge in [-0.25, -0.2) is 0 Å². The minimum absolute atomic E-state index is 0.0601. The minimum Gasteiger partial charge on any atom is -0.371 e. The van der Waals surface area contributed by atoms with Gasteiger partial charge in [-0.2, -0.15) is 0 Å². The molecular weight excluding hydrogens is 332 g/mol. The van der Waals surface area contributed by atoms with Crippen LogP contribution in [-0.2, 0) is 9.53 Å². The van der Waals surface area contributed by atoms with E-state index >= 15 is 0 Å². The molecule has 0 radical (unpaired) electrons. The van der Waals surface area contributed by atoms with E-state index in [-0.39, 0.29) is 5.78 Å². The lowest BCUT2D eigenvalue weighted by Crippen LogP contribution is -2.11. The second-order valence-corrected chi connectivity index (χ2v) is 6.23. The fourth-order valence-electron chi connectivity index (χ4n) is 3.04. The van der Waals surface area contributed by atoms with Crippen LogP contribution in [0, 0.1) is 0 Å². The average Bonchev–Trinajstić information content (AvgIpc) is 2.73. The van der Waals surface area contributed by atoms with Crippen molar-refractivity contribution >= 4 is 11.4 Å². The van der Waals surface area contributed by atoms with Crippen molar-refractivity contribution in [1.82, 2.24) is 0 Å². The first-order valence-corrected chi connectivity index (χ1v) is 8.91. The zero-order chi connectivity index (χ0) is 19.1. The molecule has 0 aliphatic heterocycles. The van der Waals surface area contributed by atoms with Gasteiger partial charge in [-0.05, 0) is 23.6 Å². The van der Waals surface area contributed by atoms with Crippen molar-refractivity contribution < 1.29 is 9.53 Å².